The molecule has 1 unspecified atom stereocenters. The minimum Gasteiger partial charge on any atom is -0.382 e. The van der Waals surface area contributed by atoms with Crippen LogP contribution in [0.25, 0.3) is 0 Å². The topological polar surface area (TPSA) is 110 Å². The summed E-state index contributed by atoms with van der Waals surface area (Å²) in [4.78, 5) is 30.9. The second-order valence-electron chi connectivity index (χ2n) is 5.35. The fraction of sp³-hybridized carbons (Fsp3) is 0.250. The number of hydrogen-bond donors (Lipinski definition) is 2. The maximum absolute atomic E-state index is 12.1. The van der Waals surface area contributed by atoms with Gasteiger partial charge in [-0.3, -0.25) is 14.9 Å². The van der Waals surface area contributed by atoms with Gasteiger partial charge in [0.05, 0.1) is 16.2 Å². The van der Waals surface area contributed by atoms with E-state index >= 15 is 0 Å². The molecule has 8 nitrogen and oxygen atoms in total. The van der Waals surface area contributed by atoms with Gasteiger partial charge in [0.25, 0.3) is 11.6 Å². The summed E-state index contributed by atoms with van der Waals surface area (Å²) in [6.07, 6.45) is 1.95. The van der Waals surface area contributed by atoms with E-state index in [2.05, 4.69) is 15.5 Å². The Hall–Kier alpha value is -3.16. The average Bonchev–Trinajstić information content (AvgIpc) is 3.26. The Morgan fingerprint density at radius 1 is 1.38 bits per heavy atom. The van der Waals surface area contributed by atoms with Crippen molar-refractivity contribution in [3.05, 3.63) is 64.0 Å². The number of para-hydroxylation sites is 1. The van der Waals surface area contributed by atoms with Crippen molar-refractivity contribution in [1.82, 2.24) is 10.3 Å². The van der Waals surface area contributed by atoms with Crippen LogP contribution in [0.1, 0.15) is 17.7 Å². The molecule has 1 atom stereocenters. The molecule has 8 heteroatoms. The van der Waals surface area contributed by atoms with E-state index in [-0.39, 0.29) is 18.0 Å². The number of oxime groups is 1. The van der Waals surface area contributed by atoms with Crippen LogP contribution in [0.3, 0.4) is 0 Å². The highest BCUT2D eigenvalue weighted by molar-refractivity contribution is 6.06. The lowest BCUT2D eigenvalue weighted by Crippen LogP contribution is -2.36. The minimum absolute atomic E-state index is 0.0485. The van der Waals surface area contributed by atoms with Crippen LogP contribution in [0.2, 0.25) is 0 Å². The van der Waals surface area contributed by atoms with E-state index in [0.717, 1.165) is 5.69 Å². The number of benzene rings is 1. The van der Waals surface area contributed by atoms with Gasteiger partial charge in [0.1, 0.15) is 0 Å². The van der Waals surface area contributed by atoms with Crippen molar-refractivity contribution in [1.29, 1.82) is 0 Å². The predicted octanol–water partition coefficient (Wildman–Crippen LogP) is 1.77. The molecule has 1 aromatic carbocycles. The molecule has 0 aliphatic carbocycles. The van der Waals surface area contributed by atoms with Gasteiger partial charge >= 0.3 is 0 Å². The average molecular weight is 328 g/mol. The molecule has 0 radical (unpaired) electrons. The van der Waals surface area contributed by atoms with Crippen LogP contribution in [0.4, 0.5) is 5.69 Å². The smallest absolute Gasteiger partial charge is 0.278 e. The number of nitrogens with zero attached hydrogens (tertiary/aromatic N) is 2. The van der Waals surface area contributed by atoms with E-state index in [1.54, 1.807) is 18.2 Å². The maximum atomic E-state index is 12.1. The Morgan fingerprint density at radius 3 is 2.96 bits per heavy atom. The molecule has 0 saturated carbocycles. The molecule has 1 aromatic heterocycles. The third-order valence-electron chi connectivity index (χ3n) is 3.73. The zero-order chi connectivity index (χ0) is 16.9. The number of nitro groups is 1. The van der Waals surface area contributed by atoms with E-state index < -0.39 is 11.0 Å². The first-order chi connectivity index (χ1) is 11.6. The quantitative estimate of drug-likeness (QED) is 0.622. The van der Waals surface area contributed by atoms with Gasteiger partial charge in [0.15, 0.2) is 0 Å². The second kappa shape index (κ2) is 6.95. The number of H-pyrrole nitrogens is 1. The molecular weight excluding hydrogens is 312 g/mol. The SMILES string of the molecule is O=C(NCCc1ccc[nH]1)C1CC(c2ccccc2[N+](=O)[O-])=NO1. The summed E-state index contributed by atoms with van der Waals surface area (Å²) >= 11 is 0. The summed E-state index contributed by atoms with van der Waals surface area (Å²) in [6.45, 7) is 0.472. The van der Waals surface area contributed by atoms with E-state index in [4.69, 9.17) is 4.84 Å². The number of hydrogen-bond acceptors (Lipinski definition) is 5. The summed E-state index contributed by atoms with van der Waals surface area (Å²) in [5, 5.41) is 17.7. The van der Waals surface area contributed by atoms with Crippen LogP contribution in [0.15, 0.2) is 47.8 Å². The molecule has 2 aromatic rings. The number of rotatable bonds is 6. The Balaban J connectivity index is 1.56. The normalized spacial score (nSPS) is 16.3. The van der Waals surface area contributed by atoms with Crippen molar-refractivity contribution in [2.75, 3.05) is 6.54 Å². The van der Waals surface area contributed by atoms with Crippen molar-refractivity contribution in [2.24, 2.45) is 5.16 Å². The van der Waals surface area contributed by atoms with Crippen LogP contribution in [-0.4, -0.2) is 34.2 Å². The second-order valence-corrected chi connectivity index (χ2v) is 5.35. The lowest BCUT2D eigenvalue weighted by molar-refractivity contribution is -0.385. The fourth-order valence-electron chi connectivity index (χ4n) is 2.51. The summed E-state index contributed by atoms with van der Waals surface area (Å²) in [7, 11) is 0. The molecule has 0 bridgehead atoms. The van der Waals surface area contributed by atoms with Gasteiger partial charge in [-0.05, 0) is 18.2 Å². The first-order valence-electron chi connectivity index (χ1n) is 7.51. The third kappa shape index (κ3) is 3.43. The van der Waals surface area contributed by atoms with Gasteiger partial charge in [-0.15, -0.1) is 0 Å². The zero-order valence-corrected chi connectivity index (χ0v) is 12.8. The van der Waals surface area contributed by atoms with Crippen LogP contribution in [-0.2, 0) is 16.1 Å². The van der Waals surface area contributed by atoms with Crippen molar-refractivity contribution in [2.45, 2.75) is 18.9 Å². The third-order valence-corrected chi connectivity index (χ3v) is 3.73. The zero-order valence-electron chi connectivity index (χ0n) is 12.8. The van der Waals surface area contributed by atoms with Crippen LogP contribution < -0.4 is 5.32 Å². The van der Waals surface area contributed by atoms with E-state index in [1.807, 2.05) is 18.3 Å². The summed E-state index contributed by atoms with van der Waals surface area (Å²) in [6, 6.07) is 10.1. The number of nitrogens with one attached hydrogen (secondary N) is 2. The first kappa shape index (κ1) is 15.7. The standard InChI is InChI=1S/C16H16N4O4/c21-16(18-9-7-11-4-3-8-17-11)15-10-13(19-24-15)12-5-1-2-6-14(12)20(22)23/h1-6,8,15,17H,7,9-10H2,(H,18,21). The first-order valence-corrected chi connectivity index (χ1v) is 7.51. The Kier molecular flexibility index (Phi) is 4.55. The van der Waals surface area contributed by atoms with Gasteiger partial charge in [-0.25, -0.2) is 0 Å². The molecule has 0 fully saturated rings. The molecule has 1 aliphatic rings. The van der Waals surface area contributed by atoms with Crippen molar-refractivity contribution >= 4 is 17.3 Å². The summed E-state index contributed by atoms with van der Waals surface area (Å²) in [5.74, 6) is -0.279. The van der Waals surface area contributed by atoms with Gasteiger partial charge in [-0.2, -0.15) is 0 Å². The highest BCUT2D eigenvalue weighted by Crippen LogP contribution is 2.24. The Bertz CT molecular complexity index is 770. The lowest BCUT2D eigenvalue weighted by atomic mass is 10.0. The molecule has 24 heavy (non-hydrogen) atoms. The molecule has 124 valence electrons. The lowest BCUT2D eigenvalue weighted by Gasteiger charge is -2.09. The van der Waals surface area contributed by atoms with Crippen LogP contribution in [0.5, 0.6) is 0 Å². The number of aromatic amines is 1. The molecule has 0 spiro atoms. The van der Waals surface area contributed by atoms with Crippen molar-refractivity contribution in [3.63, 3.8) is 0 Å². The highest BCUT2D eigenvalue weighted by atomic mass is 16.6. The van der Waals surface area contributed by atoms with Gasteiger partial charge in [0, 0.05) is 37.3 Å². The molecule has 1 amide bonds. The van der Waals surface area contributed by atoms with Gasteiger partial charge in [-0.1, -0.05) is 17.3 Å². The van der Waals surface area contributed by atoms with Crippen molar-refractivity contribution in [3.8, 4) is 0 Å². The van der Waals surface area contributed by atoms with Gasteiger partial charge < -0.3 is 15.1 Å². The highest BCUT2D eigenvalue weighted by Gasteiger charge is 2.31. The Labute approximate surface area is 137 Å². The largest absolute Gasteiger partial charge is 0.382 e. The monoisotopic (exact) mass is 328 g/mol. The molecule has 1 aliphatic heterocycles. The van der Waals surface area contributed by atoms with E-state index in [9.17, 15) is 14.9 Å². The summed E-state index contributed by atoms with van der Waals surface area (Å²) in [5.41, 5.74) is 1.77. The minimum atomic E-state index is -0.761. The molecule has 2 heterocycles. The number of aromatic nitrogens is 1. The Morgan fingerprint density at radius 2 is 2.21 bits per heavy atom. The van der Waals surface area contributed by atoms with Crippen LogP contribution in [0, 0.1) is 10.1 Å². The van der Waals surface area contributed by atoms with E-state index in [0.29, 0.717) is 24.2 Å². The maximum Gasteiger partial charge on any atom is 0.278 e. The number of carbonyl (C=O) groups is 1. The molecule has 3 rings (SSSR count). The molecular formula is C16H16N4O4. The van der Waals surface area contributed by atoms with Crippen LogP contribution >= 0.6 is 0 Å². The number of amides is 1. The predicted molar refractivity (Wildman–Crippen MR) is 86.6 cm³/mol. The summed E-state index contributed by atoms with van der Waals surface area (Å²) < 4.78 is 0. The molecule has 0 saturated heterocycles. The number of carbonyl (C=O) groups excluding carboxylic acids is 1. The van der Waals surface area contributed by atoms with Crippen molar-refractivity contribution < 1.29 is 14.6 Å². The molecule has 2 N–H and O–H groups in total. The van der Waals surface area contributed by atoms with Gasteiger partial charge in [0.2, 0.25) is 6.10 Å². The fourth-order valence-corrected chi connectivity index (χ4v) is 2.51. The number of nitro benzene ring substituents is 1. The van der Waals surface area contributed by atoms with E-state index in [1.165, 1.54) is 6.07 Å².